The molecule has 0 saturated carbocycles. The molecule has 2 heterocycles. The van der Waals surface area contributed by atoms with Gasteiger partial charge in [0.15, 0.2) is 0 Å². The first-order valence-electron chi connectivity index (χ1n) is 8.99. The first-order valence-corrected chi connectivity index (χ1v) is 8.99. The Morgan fingerprint density at radius 2 is 1.86 bits per heavy atom. The van der Waals surface area contributed by atoms with Crippen molar-refractivity contribution in [3.63, 3.8) is 0 Å². The number of piperidine rings is 1. The van der Waals surface area contributed by atoms with Crippen molar-refractivity contribution in [1.29, 1.82) is 0 Å². The average molecular weight is 391 g/mol. The number of nitrogens with one attached hydrogen (secondary N) is 1. The lowest BCUT2D eigenvalue weighted by Crippen LogP contribution is -2.39. The van der Waals surface area contributed by atoms with Gasteiger partial charge in [-0.05, 0) is 49.1 Å². The Kier molecular flexibility index (Phi) is 5.67. The minimum atomic E-state index is -4.50. The molecular weight excluding hydrogens is 371 g/mol. The molecule has 3 rings (SSSR count). The van der Waals surface area contributed by atoms with Crippen LogP contribution in [0.1, 0.15) is 46.3 Å². The van der Waals surface area contributed by atoms with Crippen LogP contribution >= 0.6 is 0 Å². The summed E-state index contributed by atoms with van der Waals surface area (Å²) < 4.78 is 38.4. The highest BCUT2D eigenvalue weighted by atomic mass is 19.4. The van der Waals surface area contributed by atoms with Gasteiger partial charge < -0.3 is 10.2 Å². The van der Waals surface area contributed by atoms with Crippen molar-refractivity contribution in [3.8, 4) is 0 Å². The molecule has 2 amide bonds. The van der Waals surface area contributed by atoms with E-state index in [0.717, 1.165) is 25.0 Å². The second-order valence-electron chi connectivity index (χ2n) is 6.94. The maximum Gasteiger partial charge on any atom is 0.416 e. The van der Waals surface area contributed by atoms with Gasteiger partial charge in [-0.15, -0.1) is 0 Å². The highest BCUT2D eigenvalue weighted by molar-refractivity contribution is 6.03. The molecule has 1 N–H and O–H groups in total. The molecule has 0 radical (unpaired) electrons. The number of hydrogen-bond acceptors (Lipinski definition) is 3. The van der Waals surface area contributed by atoms with E-state index in [9.17, 15) is 22.8 Å². The molecule has 1 aliphatic rings. The number of rotatable bonds is 3. The Bertz CT molecular complexity index is 883. The monoisotopic (exact) mass is 391 g/mol. The number of halogens is 3. The van der Waals surface area contributed by atoms with Gasteiger partial charge in [0.25, 0.3) is 11.8 Å². The van der Waals surface area contributed by atoms with Gasteiger partial charge in [0, 0.05) is 18.8 Å². The molecule has 1 aromatic heterocycles. The van der Waals surface area contributed by atoms with Crippen LogP contribution in [0.15, 0.2) is 42.5 Å². The van der Waals surface area contributed by atoms with Crippen LogP contribution in [-0.2, 0) is 6.18 Å². The van der Waals surface area contributed by atoms with E-state index in [2.05, 4.69) is 17.2 Å². The zero-order valence-corrected chi connectivity index (χ0v) is 15.3. The van der Waals surface area contributed by atoms with Crippen molar-refractivity contribution in [1.82, 2.24) is 9.88 Å². The minimum Gasteiger partial charge on any atom is -0.337 e. The third-order valence-corrected chi connectivity index (χ3v) is 4.59. The number of hydrogen-bond donors (Lipinski definition) is 1. The predicted octanol–water partition coefficient (Wildman–Crippen LogP) is 4.22. The fraction of sp³-hybridized carbons (Fsp3) is 0.350. The van der Waals surface area contributed by atoms with Gasteiger partial charge in [-0.25, -0.2) is 4.98 Å². The third-order valence-electron chi connectivity index (χ3n) is 4.59. The number of carbonyl (C=O) groups is 2. The van der Waals surface area contributed by atoms with E-state index in [1.54, 1.807) is 4.90 Å². The maximum atomic E-state index is 12.8. The molecule has 28 heavy (non-hydrogen) atoms. The Morgan fingerprint density at radius 3 is 2.57 bits per heavy atom. The number of aromatic nitrogens is 1. The molecule has 1 aliphatic heterocycles. The number of benzene rings is 1. The van der Waals surface area contributed by atoms with Crippen LogP contribution in [0.3, 0.4) is 0 Å². The lowest BCUT2D eigenvalue weighted by molar-refractivity contribution is -0.137. The van der Waals surface area contributed by atoms with E-state index < -0.39 is 17.6 Å². The Labute approximate surface area is 160 Å². The van der Waals surface area contributed by atoms with Gasteiger partial charge in [-0.3, -0.25) is 9.59 Å². The highest BCUT2D eigenvalue weighted by Crippen LogP contribution is 2.30. The molecule has 1 fully saturated rings. The van der Waals surface area contributed by atoms with Crippen molar-refractivity contribution < 1.29 is 22.8 Å². The minimum absolute atomic E-state index is 0.00297. The molecule has 1 aromatic carbocycles. The summed E-state index contributed by atoms with van der Waals surface area (Å²) >= 11 is 0. The number of amides is 2. The maximum absolute atomic E-state index is 12.8. The number of alkyl halides is 3. The van der Waals surface area contributed by atoms with Crippen LogP contribution in [0.4, 0.5) is 18.9 Å². The van der Waals surface area contributed by atoms with Gasteiger partial charge in [0.1, 0.15) is 11.4 Å². The fourth-order valence-corrected chi connectivity index (χ4v) is 3.18. The molecule has 8 heteroatoms. The van der Waals surface area contributed by atoms with Crippen molar-refractivity contribution in [3.05, 3.63) is 59.4 Å². The summed E-state index contributed by atoms with van der Waals surface area (Å²) in [4.78, 5) is 30.9. The first-order chi connectivity index (χ1) is 13.2. The van der Waals surface area contributed by atoms with Crippen molar-refractivity contribution in [2.75, 3.05) is 18.4 Å². The van der Waals surface area contributed by atoms with Crippen LogP contribution < -0.4 is 5.32 Å². The molecule has 1 saturated heterocycles. The van der Waals surface area contributed by atoms with Crippen LogP contribution in [0.5, 0.6) is 0 Å². The van der Waals surface area contributed by atoms with Gasteiger partial charge >= 0.3 is 6.18 Å². The molecule has 0 aliphatic carbocycles. The summed E-state index contributed by atoms with van der Waals surface area (Å²) in [5.74, 6) is -0.522. The summed E-state index contributed by atoms with van der Waals surface area (Å²) in [6, 6.07) is 8.82. The van der Waals surface area contributed by atoms with Gasteiger partial charge in [-0.1, -0.05) is 19.1 Å². The third kappa shape index (κ3) is 4.68. The van der Waals surface area contributed by atoms with E-state index >= 15 is 0 Å². The molecule has 1 atom stereocenters. The quantitative estimate of drug-likeness (QED) is 0.852. The Morgan fingerprint density at radius 1 is 1.14 bits per heavy atom. The normalized spacial score (nSPS) is 17.3. The topological polar surface area (TPSA) is 62.3 Å². The Balaban J connectivity index is 1.75. The van der Waals surface area contributed by atoms with Crippen LogP contribution in [0.25, 0.3) is 0 Å². The van der Waals surface area contributed by atoms with Crippen LogP contribution in [-0.4, -0.2) is 34.8 Å². The lowest BCUT2D eigenvalue weighted by atomic mass is 10.00. The van der Waals surface area contributed by atoms with Crippen molar-refractivity contribution in [2.45, 2.75) is 25.9 Å². The van der Waals surface area contributed by atoms with Gasteiger partial charge in [-0.2, -0.15) is 13.2 Å². The second kappa shape index (κ2) is 8.00. The molecule has 0 bridgehead atoms. The van der Waals surface area contributed by atoms with Crippen molar-refractivity contribution in [2.24, 2.45) is 5.92 Å². The number of nitrogens with zero attached hydrogens (tertiary/aromatic N) is 2. The smallest absolute Gasteiger partial charge is 0.337 e. The van der Waals surface area contributed by atoms with E-state index in [-0.39, 0.29) is 23.0 Å². The predicted molar refractivity (Wildman–Crippen MR) is 97.9 cm³/mol. The Hall–Kier alpha value is -2.90. The lowest BCUT2D eigenvalue weighted by Gasteiger charge is -2.30. The largest absolute Gasteiger partial charge is 0.416 e. The number of likely N-dealkylation sites (tertiary alicyclic amines) is 1. The van der Waals surface area contributed by atoms with E-state index in [0.29, 0.717) is 19.0 Å². The van der Waals surface area contributed by atoms with Crippen LogP contribution in [0.2, 0.25) is 0 Å². The molecule has 0 spiro atoms. The SMILES string of the molecule is CC1CCCN(C(=O)c2cccc(C(=O)Nc3cccc(C(F)(F)F)c3)n2)C1. The van der Waals surface area contributed by atoms with E-state index in [1.165, 1.54) is 30.3 Å². The zero-order valence-electron chi connectivity index (χ0n) is 15.3. The average Bonchev–Trinajstić information content (AvgIpc) is 2.67. The summed E-state index contributed by atoms with van der Waals surface area (Å²) in [5, 5.41) is 2.40. The van der Waals surface area contributed by atoms with Crippen molar-refractivity contribution >= 4 is 17.5 Å². The second-order valence-corrected chi connectivity index (χ2v) is 6.94. The molecular formula is C20H20F3N3O2. The standard InChI is InChI=1S/C20H20F3N3O2/c1-13-5-4-10-26(12-13)19(28)17-9-3-8-16(25-17)18(27)24-15-7-2-6-14(11-15)20(21,22)23/h2-3,6-9,11,13H,4-5,10,12H2,1H3,(H,24,27). The number of carbonyl (C=O) groups excluding carboxylic acids is 2. The van der Waals surface area contributed by atoms with E-state index in [4.69, 9.17) is 0 Å². The fourth-order valence-electron chi connectivity index (χ4n) is 3.18. The first kappa shape index (κ1) is 19.9. The van der Waals surface area contributed by atoms with E-state index in [1.807, 2.05) is 0 Å². The summed E-state index contributed by atoms with van der Waals surface area (Å²) in [6.45, 7) is 3.36. The summed E-state index contributed by atoms with van der Waals surface area (Å²) in [6.07, 6.45) is -2.52. The molecule has 1 unspecified atom stereocenters. The van der Waals surface area contributed by atoms with Gasteiger partial charge in [0.05, 0.1) is 5.56 Å². The molecule has 148 valence electrons. The molecule has 5 nitrogen and oxygen atoms in total. The van der Waals surface area contributed by atoms with Gasteiger partial charge in [0.2, 0.25) is 0 Å². The summed E-state index contributed by atoms with van der Waals surface area (Å²) in [7, 11) is 0. The zero-order chi connectivity index (χ0) is 20.3. The molecule has 2 aromatic rings. The highest BCUT2D eigenvalue weighted by Gasteiger charge is 2.30. The number of pyridine rings is 1. The summed E-state index contributed by atoms with van der Waals surface area (Å²) in [5.41, 5.74) is -0.747. The number of anilines is 1. The van der Waals surface area contributed by atoms with Crippen LogP contribution in [0, 0.1) is 5.92 Å².